The van der Waals surface area contributed by atoms with E-state index < -0.39 is 16.7 Å². The summed E-state index contributed by atoms with van der Waals surface area (Å²) in [6, 6.07) is 7.74. The Morgan fingerprint density at radius 1 is 1.29 bits per heavy atom. The molecule has 0 saturated carbocycles. The van der Waals surface area contributed by atoms with Crippen molar-refractivity contribution < 1.29 is 28.7 Å². The fourth-order valence-corrected chi connectivity index (χ4v) is 2.85. The topological polar surface area (TPSA) is 111 Å². The summed E-state index contributed by atoms with van der Waals surface area (Å²) in [6.07, 6.45) is 2.48. The maximum atomic E-state index is 14.1. The Morgan fingerprint density at radius 3 is 2.71 bits per heavy atom. The predicted molar refractivity (Wildman–Crippen MR) is 98.1 cm³/mol. The zero-order chi connectivity index (χ0) is 20.1. The van der Waals surface area contributed by atoms with Crippen LogP contribution in [0.3, 0.4) is 0 Å². The van der Waals surface area contributed by atoms with E-state index in [2.05, 4.69) is 5.32 Å². The maximum absolute atomic E-state index is 14.1. The van der Waals surface area contributed by atoms with Gasteiger partial charge in [-0.05, 0) is 49.1 Å². The van der Waals surface area contributed by atoms with E-state index >= 15 is 0 Å². The highest BCUT2D eigenvalue weighted by atomic mass is 19.1. The number of anilines is 2. The Kier molecular flexibility index (Phi) is 6.17. The molecule has 2 N–H and O–H groups in total. The van der Waals surface area contributed by atoms with E-state index in [1.165, 1.54) is 24.3 Å². The molecule has 0 radical (unpaired) electrons. The second-order valence-electron chi connectivity index (χ2n) is 6.34. The van der Waals surface area contributed by atoms with Crippen molar-refractivity contribution in [1.82, 2.24) is 0 Å². The van der Waals surface area contributed by atoms with Crippen molar-refractivity contribution in [2.45, 2.75) is 32.2 Å². The first-order valence-corrected chi connectivity index (χ1v) is 8.74. The minimum atomic E-state index is -1.26. The van der Waals surface area contributed by atoms with Gasteiger partial charge < -0.3 is 19.9 Å². The quantitative estimate of drug-likeness (QED) is 0.538. The number of halogens is 1. The molecule has 2 aromatic rings. The normalized spacial score (nSPS) is 16.5. The van der Waals surface area contributed by atoms with Gasteiger partial charge in [0.1, 0.15) is 11.5 Å². The number of ether oxygens (including phenoxy) is 2. The van der Waals surface area contributed by atoms with Crippen molar-refractivity contribution >= 4 is 23.0 Å². The number of benzene rings is 2. The van der Waals surface area contributed by atoms with E-state index in [4.69, 9.17) is 14.6 Å². The van der Waals surface area contributed by atoms with E-state index in [-0.39, 0.29) is 35.5 Å². The highest BCUT2D eigenvalue weighted by Crippen LogP contribution is 2.30. The van der Waals surface area contributed by atoms with Gasteiger partial charge in [0.05, 0.1) is 22.8 Å². The van der Waals surface area contributed by atoms with E-state index in [1.54, 1.807) is 6.07 Å². The molecule has 0 aliphatic carbocycles. The zero-order valence-electron chi connectivity index (χ0n) is 14.9. The summed E-state index contributed by atoms with van der Waals surface area (Å²) in [4.78, 5) is 21.7. The molecule has 0 spiro atoms. The van der Waals surface area contributed by atoms with Crippen LogP contribution >= 0.6 is 0 Å². The number of hydrogen-bond donors (Lipinski definition) is 2. The molecule has 1 saturated heterocycles. The molecule has 2 aromatic carbocycles. The molecular formula is C19H19FN2O6. The minimum Gasteiger partial charge on any atom is -0.478 e. The van der Waals surface area contributed by atoms with Crippen LogP contribution in [0.15, 0.2) is 36.4 Å². The average Bonchev–Trinajstić information content (AvgIpc) is 2.69. The SMILES string of the molecule is O=C(O)c1ccc(Nc2ccc(COC3CCCCO3)cc2[N+](=O)[O-])c(F)c1. The van der Waals surface area contributed by atoms with E-state index in [0.29, 0.717) is 12.2 Å². The first-order chi connectivity index (χ1) is 13.4. The van der Waals surface area contributed by atoms with E-state index in [9.17, 15) is 19.3 Å². The monoisotopic (exact) mass is 390 g/mol. The first kappa shape index (κ1) is 19.7. The van der Waals surface area contributed by atoms with Crippen LogP contribution in [0.1, 0.15) is 35.2 Å². The van der Waals surface area contributed by atoms with Gasteiger partial charge in [-0.3, -0.25) is 10.1 Å². The van der Waals surface area contributed by atoms with Gasteiger partial charge >= 0.3 is 5.97 Å². The van der Waals surface area contributed by atoms with Crippen molar-refractivity contribution in [3.63, 3.8) is 0 Å². The van der Waals surface area contributed by atoms with Gasteiger partial charge in [0.15, 0.2) is 6.29 Å². The van der Waals surface area contributed by atoms with Gasteiger partial charge in [-0.1, -0.05) is 6.07 Å². The second kappa shape index (κ2) is 8.77. The minimum absolute atomic E-state index is 0.0623. The molecule has 28 heavy (non-hydrogen) atoms. The van der Waals surface area contributed by atoms with Crippen molar-refractivity contribution in [3.8, 4) is 0 Å². The highest BCUT2D eigenvalue weighted by Gasteiger charge is 2.19. The number of nitro benzene ring substituents is 1. The molecule has 3 rings (SSSR count). The molecule has 1 unspecified atom stereocenters. The zero-order valence-corrected chi connectivity index (χ0v) is 14.9. The fraction of sp³-hybridized carbons (Fsp3) is 0.316. The summed E-state index contributed by atoms with van der Waals surface area (Å²) in [5, 5.41) is 23.0. The highest BCUT2D eigenvalue weighted by molar-refractivity contribution is 5.88. The Bertz CT molecular complexity index is 883. The lowest BCUT2D eigenvalue weighted by Gasteiger charge is -2.22. The fourth-order valence-electron chi connectivity index (χ4n) is 2.85. The molecule has 0 aromatic heterocycles. The lowest BCUT2D eigenvalue weighted by Crippen LogP contribution is -2.22. The van der Waals surface area contributed by atoms with Gasteiger partial charge in [-0.25, -0.2) is 9.18 Å². The Balaban J connectivity index is 1.75. The molecule has 1 fully saturated rings. The van der Waals surface area contributed by atoms with Gasteiger partial charge in [-0.2, -0.15) is 0 Å². The summed E-state index contributed by atoms with van der Waals surface area (Å²) < 4.78 is 25.2. The van der Waals surface area contributed by atoms with Crippen molar-refractivity contribution in [1.29, 1.82) is 0 Å². The summed E-state index contributed by atoms with van der Waals surface area (Å²) in [6.45, 7) is 0.799. The van der Waals surface area contributed by atoms with E-state index in [1.807, 2.05) is 0 Å². The van der Waals surface area contributed by atoms with Crippen LogP contribution < -0.4 is 5.32 Å². The number of rotatable bonds is 7. The van der Waals surface area contributed by atoms with Gasteiger partial charge in [0, 0.05) is 12.7 Å². The van der Waals surface area contributed by atoms with E-state index in [0.717, 1.165) is 25.3 Å². The molecule has 1 aliphatic heterocycles. The number of nitrogens with zero attached hydrogens (tertiary/aromatic N) is 1. The molecule has 0 bridgehead atoms. The van der Waals surface area contributed by atoms with Crippen LogP contribution in [0, 0.1) is 15.9 Å². The predicted octanol–water partition coefficient (Wildman–Crippen LogP) is 4.22. The van der Waals surface area contributed by atoms with Gasteiger partial charge in [-0.15, -0.1) is 0 Å². The molecule has 148 valence electrons. The molecule has 9 heteroatoms. The molecule has 0 amide bonds. The molecule has 1 aliphatic rings. The number of aromatic carboxylic acids is 1. The number of carboxylic acid groups (broad SMARTS) is 1. The summed E-state index contributed by atoms with van der Waals surface area (Å²) in [7, 11) is 0. The van der Waals surface area contributed by atoms with Gasteiger partial charge in [0.2, 0.25) is 0 Å². The largest absolute Gasteiger partial charge is 0.478 e. The van der Waals surface area contributed by atoms with Crippen molar-refractivity contribution in [2.75, 3.05) is 11.9 Å². The molecular weight excluding hydrogens is 371 g/mol. The third kappa shape index (κ3) is 4.81. The van der Waals surface area contributed by atoms with Crippen LogP contribution in [-0.2, 0) is 16.1 Å². The maximum Gasteiger partial charge on any atom is 0.335 e. The molecule has 1 atom stereocenters. The standard InChI is InChI=1S/C19H19FN2O6/c20-14-10-13(19(23)24)5-7-15(14)21-16-6-4-12(9-17(16)22(25)26)11-28-18-3-1-2-8-27-18/h4-7,9-10,18,21H,1-3,8,11H2,(H,23,24). The number of nitrogens with one attached hydrogen (secondary N) is 1. The van der Waals surface area contributed by atoms with Gasteiger partial charge in [0.25, 0.3) is 5.69 Å². The smallest absolute Gasteiger partial charge is 0.335 e. The third-order valence-electron chi connectivity index (χ3n) is 4.32. The number of nitro groups is 1. The summed E-state index contributed by atoms with van der Waals surface area (Å²) in [5.41, 5.74) is 0.160. The second-order valence-corrected chi connectivity index (χ2v) is 6.34. The third-order valence-corrected chi connectivity index (χ3v) is 4.32. The van der Waals surface area contributed by atoms with Crippen LogP contribution in [0.2, 0.25) is 0 Å². The Labute approximate surface area is 160 Å². The number of carboxylic acids is 1. The van der Waals surface area contributed by atoms with Crippen molar-refractivity contribution in [2.24, 2.45) is 0 Å². The molecule has 1 heterocycles. The van der Waals surface area contributed by atoms with Crippen LogP contribution in [-0.4, -0.2) is 28.9 Å². The average molecular weight is 390 g/mol. The summed E-state index contributed by atoms with van der Waals surface area (Å²) in [5.74, 6) is -2.08. The van der Waals surface area contributed by atoms with Crippen molar-refractivity contribution in [3.05, 3.63) is 63.5 Å². The Morgan fingerprint density at radius 2 is 2.07 bits per heavy atom. The lowest BCUT2D eigenvalue weighted by molar-refractivity contribution is -0.384. The number of hydrogen-bond acceptors (Lipinski definition) is 6. The summed E-state index contributed by atoms with van der Waals surface area (Å²) >= 11 is 0. The first-order valence-electron chi connectivity index (χ1n) is 8.74. The molecule has 8 nitrogen and oxygen atoms in total. The van der Waals surface area contributed by atoms with Crippen LogP contribution in [0.5, 0.6) is 0 Å². The Hall–Kier alpha value is -3.04. The lowest BCUT2D eigenvalue weighted by atomic mass is 10.1. The number of carbonyl (C=O) groups is 1. The van der Waals surface area contributed by atoms with Crippen LogP contribution in [0.4, 0.5) is 21.5 Å². The van der Waals surface area contributed by atoms with Crippen LogP contribution in [0.25, 0.3) is 0 Å².